The van der Waals surface area contributed by atoms with Gasteiger partial charge >= 0.3 is 12.2 Å². The van der Waals surface area contributed by atoms with E-state index in [0.29, 0.717) is 18.2 Å². The van der Waals surface area contributed by atoms with Crippen molar-refractivity contribution in [2.75, 3.05) is 23.7 Å². The maximum absolute atomic E-state index is 12.6. The Kier molecular flexibility index (Phi) is 6.62. The van der Waals surface area contributed by atoms with Crippen LogP contribution in [0.3, 0.4) is 0 Å². The number of amides is 2. The van der Waals surface area contributed by atoms with Gasteiger partial charge in [0, 0.05) is 29.7 Å². The van der Waals surface area contributed by atoms with Crippen LogP contribution in [0.1, 0.15) is 11.1 Å². The number of hydrogen-bond acceptors (Lipinski definition) is 4. The fraction of sp³-hybridized carbons (Fsp3) is 0.160. The Morgan fingerprint density at radius 3 is 2.29 bits per heavy atom. The summed E-state index contributed by atoms with van der Waals surface area (Å²) in [5.41, 5.74) is 2.33. The van der Waals surface area contributed by atoms with Crippen LogP contribution in [0.25, 0.3) is 22.3 Å². The lowest BCUT2D eigenvalue weighted by atomic mass is 10.1. The van der Waals surface area contributed by atoms with Crippen molar-refractivity contribution in [3.05, 3.63) is 83.9 Å². The molecule has 4 aromatic rings. The van der Waals surface area contributed by atoms with Crippen molar-refractivity contribution in [3.8, 4) is 11.4 Å². The second kappa shape index (κ2) is 9.78. The standard InChI is InChI=1S/C25H22F3N5O/c1-16-6-8-17(9-7-16)22-32-21-5-3-2-4-20(21)23(33-22)29-14-15-30-24(34)31-19-12-10-18(11-13-19)25(26,27)28/h2-13H,14-15H2,1H3,(H,29,32,33)(H2,30,31,34). The molecule has 9 heteroatoms. The van der Waals surface area contributed by atoms with E-state index in [-0.39, 0.29) is 12.2 Å². The SMILES string of the molecule is Cc1ccc(-c2nc(NCCNC(=O)Nc3ccc(C(F)(F)F)cc3)c3ccccc3n2)cc1. The van der Waals surface area contributed by atoms with Crippen LogP contribution in [-0.2, 0) is 6.18 Å². The van der Waals surface area contributed by atoms with Crippen molar-refractivity contribution < 1.29 is 18.0 Å². The zero-order chi connectivity index (χ0) is 24.1. The minimum absolute atomic E-state index is 0.267. The number of hydrogen-bond donors (Lipinski definition) is 3. The van der Waals surface area contributed by atoms with Crippen molar-refractivity contribution in [1.82, 2.24) is 15.3 Å². The number of carbonyl (C=O) groups is 1. The zero-order valence-electron chi connectivity index (χ0n) is 18.3. The van der Waals surface area contributed by atoms with Crippen LogP contribution in [0.15, 0.2) is 72.8 Å². The zero-order valence-corrected chi connectivity index (χ0v) is 18.3. The lowest BCUT2D eigenvalue weighted by Gasteiger charge is -2.12. The summed E-state index contributed by atoms with van der Waals surface area (Å²) in [5.74, 6) is 1.24. The average Bonchev–Trinajstić information content (AvgIpc) is 2.82. The van der Waals surface area contributed by atoms with E-state index in [1.807, 2.05) is 55.5 Å². The molecule has 6 nitrogen and oxygen atoms in total. The molecule has 0 radical (unpaired) electrons. The Morgan fingerprint density at radius 1 is 0.882 bits per heavy atom. The number of urea groups is 1. The van der Waals surface area contributed by atoms with Crippen molar-refractivity contribution in [1.29, 1.82) is 0 Å². The third-order valence-corrected chi connectivity index (χ3v) is 5.09. The first-order valence-electron chi connectivity index (χ1n) is 10.6. The summed E-state index contributed by atoms with van der Waals surface area (Å²) in [6.07, 6.45) is -4.42. The fourth-order valence-corrected chi connectivity index (χ4v) is 3.32. The van der Waals surface area contributed by atoms with Crippen LogP contribution in [0.2, 0.25) is 0 Å². The lowest BCUT2D eigenvalue weighted by molar-refractivity contribution is -0.137. The molecule has 0 spiro atoms. The summed E-state index contributed by atoms with van der Waals surface area (Å²) < 4.78 is 37.9. The molecule has 0 saturated heterocycles. The van der Waals surface area contributed by atoms with Crippen molar-refractivity contribution >= 4 is 28.4 Å². The van der Waals surface area contributed by atoms with Gasteiger partial charge in [-0.1, -0.05) is 42.0 Å². The molecule has 0 unspecified atom stereocenters. The summed E-state index contributed by atoms with van der Waals surface area (Å²) in [6.45, 7) is 2.66. The number of alkyl halides is 3. The van der Waals surface area contributed by atoms with Crippen molar-refractivity contribution in [2.24, 2.45) is 0 Å². The largest absolute Gasteiger partial charge is 0.416 e. The third kappa shape index (κ3) is 5.61. The van der Waals surface area contributed by atoms with Crippen molar-refractivity contribution in [3.63, 3.8) is 0 Å². The maximum Gasteiger partial charge on any atom is 0.416 e. The Morgan fingerprint density at radius 2 is 1.59 bits per heavy atom. The molecular formula is C25H22F3N5O. The first-order chi connectivity index (χ1) is 16.3. The first kappa shape index (κ1) is 23.0. The smallest absolute Gasteiger partial charge is 0.368 e. The number of anilines is 2. The summed E-state index contributed by atoms with van der Waals surface area (Å²) in [5, 5.41) is 9.27. The van der Waals surface area contributed by atoms with Crippen LogP contribution in [0.4, 0.5) is 29.5 Å². The normalized spacial score (nSPS) is 11.3. The molecule has 4 rings (SSSR count). The molecule has 3 aromatic carbocycles. The summed E-state index contributed by atoms with van der Waals surface area (Å²) in [4.78, 5) is 21.4. The molecule has 2 amide bonds. The highest BCUT2D eigenvalue weighted by molar-refractivity contribution is 5.91. The molecule has 0 fully saturated rings. The Balaban J connectivity index is 1.37. The predicted molar refractivity (Wildman–Crippen MR) is 127 cm³/mol. The van der Waals surface area contributed by atoms with E-state index in [1.165, 1.54) is 12.1 Å². The number of nitrogens with zero attached hydrogens (tertiary/aromatic N) is 2. The van der Waals surface area contributed by atoms with Gasteiger partial charge in [0.1, 0.15) is 5.82 Å². The van der Waals surface area contributed by atoms with Gasteiger partial charge in [-0.05, 0) is 43.3 Å². The number of carbonyl (C=O) groups excluding carboxylic acids is 1. The molecule has 34 heavy (non-hydrogen) atoms. The minimum Gasteiger partial charge on any atom is -0.368 e. The molecule has 0 saturated carbocycles. The number of halogens is 3. The Labute approximate surface area is 194 Å². The number of benzene rings is 3. The van der Waals surface area contributed by atoms with Gasteiger partial charge in [-0.3, -0.25) is 0 Å². The van der Waals surface area contributed by atoms with Gasteiger partial charge in [-0.2, -0.15) is 13.2 Å². The second-order valence-electron chi connectivity index (χ2n) is 7.66. The van der Waals surface area contributed by atoms with E-state index in [4.69, 9.17) is 0 Å². The van der Waals surface area contributed by atoms with Crippen molar-refractivity contribution in [2.45, 2.75) is 13.1 Å². The van der Waals surface area contributed by atoms with Gasteiger partial charge in [0.05, 0.1) is 11.1 Å². The average molecular weight is 465 g/mol. The van der Waals surface area contributed by atoms with E-state index in [2.05, 4.69) is 25.9 Å². The van der Waals surface area contributed by atoms with E-state index in [9.17, 15) is 18.0 Å². The highest BCUT2D eigenvalue weighted by Gasteiger charge is 2.29. The summed E-state index contributed by atoms with van der Waals surface area (Å²) in [6, 6.07) is 19.3. The number of aryl methyl sites for hydroxylation is 1. The van der Waals surface area contributed by atoms with Crippen LogP contribution < -0.4 is 16.0 Å². The molecule has 0 atom stereocenters. The third-order valence-electron chi connectivity index (χ3n) is 5.09. The number of para-hydroxylation sites is 1. The quantitative estimate of drug-likeness (QED) is 0.312. The van der Waals surface area contributed by atoms with E-state index < -0.39 is 17.8 Å². The van der Waals surface area contributed by atoms with Crippen LogP contribution in [0, 0.1) is 6.92 Å². The van der Waals surface area contributed by atoms with Gasteiger partial charge < -0.3 is 16.0 Å². The number of fused-ring (bicyclic) bond motifs is 1. The number of nitrogens with one attached hydrogen (secondary N) is 3. The van der Waals surface area contributed by atoms with Gasteiger partial charge in [-0.25, -0.2) is 14.8 Å². The van der Waals surface area contributed by atoms with E-state index in [0.717, 1.165) is 34.2 Å². The summed E-state index contributed by atoms with van der Waals surface area (Å²) >= 11 is 0. The molecule has 0 aliphatic heterocycles. The first-order valence-corrected chi connectivity index (χ1v) is 10.6. The van der Waals surface area contributed by atoms with Gasteiger partial charge in [0.2, 0.25) is 0 Å². The monoisotopic (exact) mass is 465 g/mol. The molecule has 0 bridgehead atoms. The predicted octanol–water partition coefficient (Wildman–Crippen LogP) is 5.86. The van der Waals surface area contributed by atoms with E-state index >= 15 is 0 Å². The topological polar surface area (TPSA) is 78.9 Å². The Hall–Kier alpha value is -4.14. The summed E-state index contributed by atoms with van der Waals surface area (Å²) in [7, 11) is 0. The number of rotatable bonds is 6. The van der Waals surface area contributed by atoms with Gasteiger partial charge in [-0.15, -0.1) is 0 Å². The fourth-order valence-electron chi connectivity index (χ4n) is 3.32. The van der Waals surface area contributed by atoms with Crippen LogP contribution in [0.5, 0.6) is 0 Å². The molecular weight excluding hydrogens is 443 g/mol. The second-order valence-corrected chi connectivity index (χ2v) is 7.66. The molecule has 174 valence electrons. The molecule has 1 aromatic heterocycles. The molecule has 1 heterocycles. The van der Waals surface area contributed by atoms with E-state index in [1.54, 1.807) is 0 Å². The van der Waals surface area contributed by atoms with Gasteiger partial charge in [0.15, 0.2) is 5.82 Å². The molecule has 3 N–H and O–H groups in total. The molecule has 0 aliphatic carbocycles. The maximum atomic E-state index is 12.6. The van der Waals surface area contributed by atoms with Crippen LogP contribution in [-0.4, -0.2) is 29.1 Å². The lowest BCUT2D eigenvalue weighted by Crippen LogP contribution is -2.32. The molecule has 0 aliphatic rings. The highest BCUT2D eigenvalue weighted by Crippen LogP contribution is 2.30. The number of aromatic nitrogens is 2. The Bertz CT molecular complexity index is 1290. The van der Waals surface area contributed by atoms with Gasteiger partial charge in [0.25, 0.3) is 0 Å². The van der Waals surface area contributed by atoms with Crippen LogP contribution >= 0.6 is 0 Å². The highest BCUT2D eigenvalue weighted by atomic mass is 19.4. The minimum atomic E-state index is -4.42.